The van der Waals surface area contributed by atoms with Gasteiger partial charge in [0.05, 0.1) is 13.7 Å². The molecule has 0 aliphatic carbocycles. The number of amides is 2. The van der Waals surface area contributed by atoms with Crippen LogP contribution in [0.25, 0.3) is 6.08 Å². The Balaban J connectivity index is 2.50. The van der Waals surface area contributed by atoms with Crippen molar-refractivity contribution in [1.82, 2.24) is 10.6 Å². The van der Waals surface area contributed by atoms with Crippen LogP contribution in [-0.4, -0.2) is 31.0 Å². The van der Waals surface area contributed by atoms with Gasteiger partial charge in [0.25, 0.3) is 0 Å². The molecule has 0 saturated heterocycles. The SMILES string of the molecule is COc1ccccc1/C=C/C(=O)NCC(=O)NC(C)(C)C. The van der Waals surface area contributed by atoms with Crippen LogP contribution < -0.4 is 15.4 Å². The summed E-state index contributed by atoms with van der Waals surface area (Å²) in [7, 11) is 1.57. The van der Waals surface area contributed by atoms with Gasteiger partial charge in [-0.3, -0.25) is 9.59 Å². The maximum absolute atomic E-state index is 11.7. The molecule has 0 radical (unpaired) electrons. The third-order valence-electron chi connectivity index (χ3n) is 2.49. The molecule has 0 spiro atoms. The van der Waals surface area contributed by atoms with E-state index in [9.17, 15) is 9.59 Å². The second-order valence-electron chi connectivity index (χ2n) is 5.59. The zero-order chi connectivity index (χ0) is 15.9. The molecule has 5 nitrogen and oxygen atoms in total. The number of para-hydroxylation sites is 1. The van der Waals surface area contributed by atoms with Gasteiger partial charge >= 0.3 is 0 Å². The summed E-state index contributed by atoms with van der Waals surface area (Å²) < 4.78 is 5.18. The number of ether oxygens (including phenoxy) is 1. The Morgan fingerprint density at radius 3 is 2.52 bits per heavy atom. The zero-order valence-electron chi connectivity index (χ0n) is 12.9. The predicted molar refractivity (Wildman–Crippen MR) is 82.9 cm³/mol. The molecule has 0 aliphatic rings. The van der Waals surface area contributed by atoms with Gasteiger partial charge in [-0.25, -0.2) is 0 Å². The highest BCUT2D eigenvalue weighted by atomic mass is 16.5. The molecule has 0 saturated carbocycles. The molecule has 0 bridgehead atoms. The van der Waals surface area contributed by atoms with Crippen LogP contribution in [0, 0.1) is 0 Å². The van der Waals surface area contributed by atoms with Crippen LogP contribution in [0.3, 0.4) is 0 Å². The number of hydrogen-bond acceptors (Lipinski definition) is 3. The van der Waals surface area contributed by atoms with Gasteiger partial charge in [-0.15, -0.1) is 0 Å². The van der Waals surface area contributed by atoms with Gasteiger partial charge in [0.1, 0.15) is 5.75 Å². The van der Waals surface area contributed by atoms with E-state index in [0.717, 1.165) is 5.56 Å². The number of methoxy groups -OCH3 is 1. The van der Waals surface area contributed by atoms with Crippen molar-refractivity contribution in [3.8, 4) is 5.75 Å². The van der Waals surface area contributed by atoms with Crippen LogP contribution in [-0.2, 0) is 9.59 Å². The minimum atomic E-state index is -0.329. The Hall–Kier alpha value is -2.30. The van der Waals surface area contributed by atoms with E-state index in [1.165, 1.54) is 6.08 Å². The normalized spacial score (nSPS) is 11.2. The van der Waals surface area contributed by atoms with Crippen LogP contribution >= 0.6 is 0 Å². The van der Waals surface area contributed by atoms with Gasteiger partial charge in [0.15, 0.2) is 0 Å². The quantitative estimate of drug-likeness (QED) is 0.812. The fraction of sp³-hybridized carbons (Fsp3) is 0.375. The topological polar surface area (TPSA) is 67.4 Å². The lowest BCUT2D eigenvalue weighted by molar-refractivity contribution is -0.124. The predicted octanol–water partition coefficient (Wildman–Crippen LogP) is 1.74. The van der Waals surface area contributed by atoms with Gasteiger partial charge in [-0.2, -0.15) is 0 Å². The van der Waals surface area contributed by atoms with Crippen molar-refractivity contribution < 1.29 is 14.3 Å². The summed E-state index contributed by atoms with van der Waals surface area (Å²) in [6.45, 7) is 5.60. The largest absolute Gasteiger partial charge is 0.496 e. The molecule has 0 aromatic heterocycles. The summed E-state index contributed by atoms with van der Waals surface area (Å²) in [5, 5.41) is 5.30. The second-order valence-corrected chi connectivity index (χ2v) is 5.59. The molecule has 2 amide bonds. The first-order chi connectivity index (χ1) is 9.81. The Labute approximate surface area is 125 Å². The van der Waals surface area contributed by atoms with E-state index in [-0.39, 0.29) is 23.9 Å². The number of carbonyl (C=O) groups excluding carboxylic acids is 2. The highest BCUT2D eigenvalue weighted by molar-refractivity contribution is 5.94. The van der Waals surface area contributed by atoms with Crippen LogP contribution in [0.4, 0.5) is 0 Å². The summed E-state index contributed by atoms with van der Waals surface area (Å²) in [4.78, 5) is 23.2. The van der Waals surface area contributed by atoms with Crippen LogP contribution in [0.1, 0.15) is 26.3 Å². The molecular formula is C16H22N2O3. The number of nitrogens with one attached hydrogen (secondary N) is 2. The number of benzene rings is 1. The van der Waals surface area contributed by atoms with Crippen molar-refractivity contribution >= 4 is 17.9 Å². The summed E-state index contributed by atoms with van der Waals surface area (Å²) in [6, 6.07) is 7.37. The van der Waals surface area contributed by atoms with Crippen LogP contribution in [0.15, 0.2) is 30.3 Å². The maximum atomic E-state index is 11.7. The molecule has 0 aliphatic heterocycles. The molecule has 21 heavy (non-hydrogen) atoms. The van der Waals surface area contributed by atoms with E-state index in [2.05, 4.69) is 10.6 Å². The van der Waals surface area contributed by atoms with Crippen molar-refractivity contribution in [2.24, 2.45) is 0 Å². The van der Waals surface area contributed by atoms with Gasteiger partial charge in [0, 0.05) is 17.2 Å². The van der Waals surface area contributed by atoms with Crippen molar-refractivity contribution in [1.29, 1.82) is 0 Å². The fourth-order valence-corrected chi connectivity index (χ4v) is 1.66. The Morgan fingerprint density at radius 1 is 1.24 bits per heavy atom. The molecule has 0 atom stereocenters. The molecule has 5 heteroatoms. The summed E-state index contributed by atoms with van der Waals surface area (Å²) in [6.07, 6.45) is 3.03. The smallest absolute Gasteiger partial charge is 0.244 e. The molecule has 2 N–H and O–H groups in total. The maximum Gasteiger partial charge on any atom is 0.244 e. The molecule has 0 unspecified atom stereocenters. The molecule has 0 heterocycles. The van der Waals surface area contributed by atoms with E-state index >= 15 is 0 Å². The highest BCUT2D eigenvalue weighted by Gasteiger charge is 2.13. The molecule has 0 fully saturated rings. The Morgan fingerprint density at radius 2 is 1.90 bits per heavy atom. The number of carbonyl (C=O) groups is 2. The highest BCUT2D eigenvalue weighted by Crippen LogP contribution is 2.18. The molecule has 1 aromatic carbocycles. The van der Waals surface area contributed by atoms with Crippen molar-refractivity contribution in [3.05, 3.63) is 35.9 Å². The van der Waals surface area contributed by atoms with Crippen molar-refractivity contribution in [2.75, 3.05) is 13.7 Å². The van der Waals surface area contributed by atoms with E-state index in [1.54, 1.807) is 13.2 Å². The summed E-state index contributed by atoms with van der Waals surface area (Å²) >= 11 is 0. The average molecular weight is 290 g/mol. The first kappa shape index (κ1) is 16.8. The molecular weight excluding hydrogens is 268 g/mol. The van der Waals surface area contributed by atoms with Gasteiger partial charge in [-0.05, 0) is 32.9 Å². The summed E-state index contributed by atoms with van der Waals surface area (Å²) in [5.41, 5.74) is 0.490. The standard InChI is InChI=1S/C16H22N2O3/c1-16(2,3)18-15(20)11-17-14(19)10-9-12-7-5-6-8-13(12)21-4/h5-10H,11H2,1-4H3,(H,17,19)(H,18,20)/b10-9+. The third kappa shape index (κ3) is 6.61. The number of rotatable bonds is 5. The van der Waals surface area contributed by atoms with E-state index in [4.69, 9.17) is 4.74 Å². The fourth-order valence-electron chi connectivity index (χ4n) is 1.66. The van der Waals surface area contributed by atoms with E-state index in [1.807, 2.05) is 45.0 Å². The summed E-state index contributed by atoms with van der Waals surface area (Å²) in [5.74, 6) is 0.138. The minimum absolute atomic E-state index is 0.0492. The lowest BCUT2D eigenvalue weighted by Gasteiger charge is -2.20. The first-order valence-electron chi connectivity index (χ1n) is 6.72. The van der Waals surface area contributed by atoms with E-state index < -0.39 is 0 Å². The third-order valence-corrected chi connectivity index (χ3v) is 2.49. The monoisotopic (exact) mass is 290 g/mol. The second kappa shape index (κ2) is 7.47. The molecule has 114 valence electrons. The first-order valence-corrected chi connectivity index (χ1v) is 6.72. The minimum Gasteiger partial charge on any atom is -0.496 e. The van der Waals surface area contributed by atoms with Gasteiger partial charge in [0.2, 0.25) is 11.8 Å². The zero-order valence-corrected chi connectivity index (χ0v) is 12.9. The van der Waals surface area contributed by atoms with Gasteiger partial charge < -0.3 is 15.4 Å². The Kier molecular flexibility index (Phi) is 5.96. The van der Waals surface area contributed by atoms with E-state index in [0.29, 0.717) is 5.75 Å². The van der Waals surface area contributed by atoms with Gasteiger partial charge in [-0.1, -0.05) is 18.2 Å². The molecule has 1 aromatic rings. The molecule has 1 rings (SSSR count). The lowest BCUT2D eigenvalue weighted by Crippen LogP contribution is -2.45. The average Bonchev–Trinajstić information content (AvgIpc) is 2.41. The number of hydrogen-bond donors (Lipinski definition) is 2. The Bertz CT molecular complexity index is 531. The lowest BCUT2D eigenvalue weighted by atomic mass is 10.1. The van der Waals surface area contributed by atoms with Crippen LogP contribution in [0.5, 0.6) is 5.75 Å². The van der Waals surface area contributed by atoms with Crippen molar-refractivity contribution in [2.45, 2.75) is 26.3 Å². The van der Waals surface area contributed by atoms with Crippen LogP contribution in [0.2, 0.25) is 0 Å². The van der Waals surface area contributed by atoms with Crippen molar-refractivity contribution in [3.63, 3.8) is 0 Å².